The number of allylic oxidation sites excluding steroid dienone is 1. The first-order valence-corrected chi connectivity index (χ1v) is 4.74. The van der Waals surface area contributed by atoms with Crippen molar-refractivity contribution in [2.45, 2.75) is 11.9 Å². The quantitative estimate of drug-likeness (QED) is 0.447. The largest absolute Gasteiger partial charge is 0.447 e. The molecule has 0 aromatic heterocycles. The van der Waals surface area contributed by atoms with Crippen LogP contribution in [0.2, 0.25) is 0 Å². The molecule has 0 aliphatic carbocycles. The van der Waals surface area contributed by atoms with Crippen molar-refractivity contribution in [3.05, 3.63) is 12.2 Å². The van der Waals surface area contributed by atoms with Crippen molar-refractivity contribution in [1.29, 1.82) is 0 Å². The number of hydrogen-bond donors (Lipinski definition) is 0. The van der Waals surface area contributed by atoms with Crippen molar-refractivity contribution in [2.75, 3.05) is 5.33 Å². The lowest BCUT2D eigenvalue weighted by atomic mass is 10.5. The van der Waals surface area contributed by atoms with Crippen LogP contribution in [0.4, 0.5) is 0 Å². The number of halogens is 2. The molecule has 0 radical (unpaired) electrons. The molecule has 0 aliphatic heterocycles. The lowest BCUT2D eigenvalue weighted by Crippen LogP contribution is -2.05. The smallest absolute Gasteiger partial charge is 0.304 e. The zero-order valence-corrected chi connectivity index (χ0v) is 8.68. The second-order valence-corrected chi connectivity index (χ2v) is 3.09. The summed E-state index contributed by atoms with van der Waals surface area (Å²) in [6, 6.07) is 0. The molecule has 10 heavy (non-hydrogen) atoms. The van der Waals surface area contributed by atoms with Gasteiger partial charge < -0.3 is 4.74 Å². The average molecular weight is 272 g/mol. The molecule has 2 nitrogen and oxygen atoms in total. The summed E-state index contributed by atoms with van der Waals surface area (Å²) in [5, 5.41) is 0.457. The van der Waals surface area contributed by atoms with E-state index in [0.29, 0.717) is 0 Å². The summed E-state index contributed by atoms with van der Waals surface area (Å²) in [6.45, 7) is 1.37. The molecule has 0 fully saturated rings. The second-order valence-electron chi connectivity index (χ2n) is 1.54. The van der Waals surface area contributed by atoms with Gasteiger partial charge in [0.1, 0.15) is 0 Å². The van der Waals surface area contributed by atoms with Gasteiger partial charge in [0.05, 0.1) is 0 Å². The van der Waals surface area contributed by atoms with Crippen LogP contribution < -0.4 is 0 Å². The van der Waals surface area contributed by atoms with Gasteiger partial charge in [-0.1, -0.05) is 22.0 Å². The molecule has 58 valence electrons. The zero-order valence-electron chi connectivity index (χ0n) is 5.51. The fraction of sp³-hybridized carbons (Fsp3) is 0.500. The predicted octanol–water partition coefficient (Wildman–Crippen LogP) is 2.22. The van der Waals surface area contributed by atoms with Crippen LogP contribution in [-0.4, -0.2) is 16.3 Å². The molecule has 0 aromatic carbocycles. The van der Waals surface area contributed by atoms with Crippen LogP contribution in [0.3, 0.4) is 0 Å². The van der Waals surface area contributed by atoms with Crippen molar-refractivity contribution < 1.29 is 9.53 Å². The first-order valence-electron chi connectivity index (χ1n) is 2.70. The Hall–Kier alpha value is 0.170. The van der Waals surface area contributed by atoms with E-state index in [1.54, 1.807) is 6.08 Å². The van der Waals surface area contributed by atoms with Crippen LogP contribution in [0.15, 0.2) is 12.2 Å². The maximum absolute atomic E-state index is 10.3. The van der Waals surface area contributed by atoms with E-state index in [1.165, 1.54) is 6.92 Å². The Labute approximate surface area is 76.9 Å². The van der Waals surface area contributed by atoms with Crippen molar-refractivity contribution in [2.24, 2.45) is 0 Å². The Bertz CT molecular complexity index is 134. The van der Waals surface area contributed by atoms with Gasteiger partial charge in [-0.05, 0) is 22.0 Å². The minimum atomic E-state index is -0.303. The number of hydrogen-bond acceptors (Lipinski definition) is 2. The van der Waals surface area contributed by atoms with Crippen LogP contribution in [0.1, 0.15) is 6.92 Å². The van der Waals surface area contributed by atoms with Gasteiger partial charge in [-0.15, -0.1) is 0 Å². The highest BCUT2D eigenvalue weighted by Crippen LogP contribution is 2.03. The fourth-order valence-corrected chi connectivity index (χ4v) is 1.05. The topological polar surface area (TPSA) is 26.3 Å². The molecule has 0 rings (SSSR count). The number of esters is 1. The van der Waals surface area contributed by atoms with E-state index >= 15 is 0 Å². The number of ether oxygens (including phenoxy) is 1. The van der Waals surface area contributed by atoms with Gasteiger partial charge in [-0.3, -0.25) is 4.79 Å². The molecule has 0 N–H and O–H groups in total. The van der Waals surface area contributed by atoms with Crippen molar-refractivity contribution in [1.82, 2.24) is 0 Å². The molecule has 0 aliphatic rings. The minimum absolute atomic E-state index is 0.291. The van der Waals surface area contributed by atoms with Crippen LogP contribution >= 0.6 is 31.9 Å². The fourth-order valence-electron chi connectivity index (χ4n) is 0.356. The van der Waals surface area contributed by atoms with Crippen molar-refractivity contribution in [3.63, 3.8) is 0 Å². The minimum Gasteiger partial charge on any atom is -0.447 e. The molecular weight excluding hydrogens is 264 g/mol. The van der Waals surface area contributed by atoms with E-state index < -0.39 is 0 Å². The molecule has 0 saturated heterocycles. The van der Waals surface area contributed by atoms with Gasteiger partial charge in [-0.25, -0.2) is 0 Å². The normalized spacial score (nSPS) is 13.5. The maximum atomic E-state index is 10.3. The molecule has 0 heterocycles. The van der Waals surface area contributed by atoms with Crippen LogP contribution in [0, 0.1) is 0 Å². The first kappa shape index (κ1) is 10.2. The van der Waals surface area contributed by atoms with E-state index in [1.807, 2.05) is 6.08 Å². The molecule has 0 aromatic rings. The number of rotatable bonds is 3. The molecule has 0 spiro atoms. The van der Waals surface area contributed by atoms with E-state index in [9.17, 15) is 4.79 Å². The average Bonchev–Trinajstić information content (AvgIpc) is 1.82. The molecular formula is C6H8Br2O2. The third-order valence-electron chi connectivity index (χ3n) is 0.655. The van der Waals surface area contributed by atoms with Gasteiger partial charge in [0.15, 0.2) is 5.01 Å². The van der Waals surface area contributed by atoms with E-state index in [0.717, 1.165) is 5.33 Å². The molecule has 0 amide bonds. The van der Waals surface area contributed by atoms with Crippen molar-refractivity contribution >= 4 is 37.8 Å². The van der Waals surface area contributed by atoms with Gasteiger partial charge in [0.2, 0.25) is 0 Å². The van der Waals surface area contributed by atoms with Gasteiger partial charge >= 0.3 is 5.97 Å². The Balaban J connectivity index is 3.52. The lowest BCUT2D eigenvalue weighted by molar-refractivity contribution is -0.140. The summed E-state index contributed by atoms with van der Waals surface area (Å²) < 4.78 is 4.72. The van der Waals surface area contributed by atoms with Crippen LogP contribution in [-0.2, 0) is 9.53 Å². The van der Waals surface area contributed by atoms with E-state index in [-0.39, 0.29) is 11.0 Å². The number of carbonyl (C=O) groups excluding carboxylic acids is 1. The lowest BCUT2D eigenvalue weighted by Gasteiger charge is -2.02. The second kappa shape index (κ2) is 5.92. The maximum Gasteiger partial charge on any atom is 0.304 e. The molecule has 1 unspecified atom stereocenters. The molecule has 0 bridgehead atoms. The summed E-state index contributed by atoms with van der Waals surface area (Å²) in [5.41, 5.74) is 0. The van der Waals surface area contributed by atoms with Crippen LogP contribution in [0.25, 0.3) is 0 Å². The Morgan fingerprint density at radius 1 is 1.80 bits per heavy atom. The summed E-state index contributed by atoms with van der Waals surface area (Å²) in [5.74, 6) is -0.291. The van der Waals surface area contributed by atoms with Gasteiger partial charge in [-0.2, -0.15) is 0 Å². The Morgan fingerprint density at radius 3 is 2.80 bits per heavy atom. The molecule has 1 atom stereocenters. The monoisotopic (exact) mass is 270 g/mol. The first-order chi connectivity index (χ1) is 4.66. The molecule has 0 saturated carbocycles. The third kappa shape index (κ3) is 6.29. The predicted molar refractivity (Wildman–Crippen MR) is 47.4 cm³/mol. The Morgan fingerprint density at radius 2 is 2.40 bits per heavy atom. The SMILES string of the molecule is CC(=O)OC(Br)C=CCBr. The summed E-state index contributed by atoms with van der Waals surface area (Å²) >= 11 is 6.32. The summed E-state index contributed by atoms with van der Waals surface area (Å²) in [4.78, 5) is 10.3. The summed E-state index contributed by atoms with van der Waals surface area (Å²) in [7, 11) is 0. The standard InChI is InChI=1S/C6H8Br2O2/c1-5(9)10-6(8)3-2-4-7/h2-3,6H,4H2,1H3. The van der Waals surface area contributed by atoms with Crippen LogP contribution in [0.5, 0.6) is 0 Å². The summed E-state index contributed by atoms with van der Waals surface area (Å²) in [6.07, 6.45) is 3.60. The van der Waals surface area contributed by atoms with E-state index in [2.05, 4.69) is 31.9 Å². The van der Waals surface area contributed by atoms with Gasteiger partial charge in [0.25, 0.3) is 0 Å². The Kier molecular flexibility index (Phi) is 6.02. The highest BCUT2D eigenvalue weighted by Gasteiger charge is 1.99. The highest BCUT2D eigenvalue weighted by molar-refractivity contribution is 9.09. The number of carbonyl (C=O) groups is 1. The van der Waals surface area contributed by atoms with Gasteiger partial charge in [0, 0.05) is 12.3 Å². The zero-order chi connectivity index (χ0) is 7.98. The third-order valence-corrected chi connectivity index (χ3v) is 1.52. The highest BCUT2D eigenvalue weighted by atomic mass is 79.9. The molecule has 4 heteroatoms. The van der Waals surface area contributed by atoms with E-state index in [4.69, 9.17) is 4.74 Å². The number of alkyl halides is 2. The van der Waals surface area contributed by atoms with Crippen molar-refractivity contribution in [3.8, 4) is 0 Å².